The second kappa shape index (κ2) is 7.76. The number of hydrogen-bond donors (Lipinski definition) is 2. The molecule has 2 N–H and O–H groups in total. The predicted octanol–water partition coefficient (Wildman–Crippen LogP) is 3.39. The van der Waals surface area contributed by atoms with E-state index >= 15 is 0 Å². The van der Waals surface area contributed by atoms with Gasteiger partial charge in [-0.25, -0.2) is 4.98 Å². The van der Waals surface area contributed by atoms with Crippen LogP contribution in [0, 0.1) is 6.92 Å². The van der Waals surface area contributed by atoms with E-state index in [1.54, 1.807) is 23.6 Å². The van der Waals surface area contributed by atoms with Gasteiger partial charge in [0.05, 0.1) is 18.9 Å². The van der Waals surface area contributed by atoms with Crippen LogP contribution in [-0.2, 0) is 13.0 Å². The lowest BCUT2D eigenvalue weighted by atomic mass is 10.2. The Morgan fingerprint density at radius 3 is 2.68 bits per heavy atom. The molecule has 0 fully saturated rings. The minimum Gasteiger partial charge on any atom is -0.296 e. The molecule has 2 amide bonds. The number of rotatable bonds is 2. The lowest BCUT2D eigenvalue weighted by Gasteiger charge is -2.08. The summed E-state index contributed by atoms with van der Waals surface area (Å²) in [5, 5.41) is 0.495. The predicted molar refractivity (Wildman–Crippen MR) is 113 cm³/mol. The highest BCUT2D eigenvalue weighted by Crippen LogP contribution is 2.28. The van der Waals surface area contributed by atoms with E-state index in [2.05, 4.69) is 31.8 Å². The van der Waals surface area contributed by atoms with Crippen molar-refractivity contribution in [2.24, 2.45) is 0 Å². The fourth-order valence-electron chi connectivity index (χ4n) is 3.29. The molecule has 146 valence electrons. The molecule has 3 aromatic heterocycles. The summed E-state index contributed by atoms with van der Waals surface area (Å²) in [6, 6.07) is 3.43. The third-order valence-corrected chi connectivity index (χ3v) is 7.51. The largest absolute Gasteiger partial charge is 0.296 e. The van der Waals surface area contributed by atoms with Crippen molar-refractivity contribution in [3.8, 4) is 0 Å². The number of thiophene rings is 2. The molecule has 28 heavy (non-hydrogen) atoms. The standard InChI is InChI=1S/C18H17BrN4O3S2/c1-9-13-17(20-12-5-3-2-4-8-23(12)18(13)26)28-14(9)16(25)22-21-15(24)10-6-7-11(19)27-10/h6-7H,2-5,8H2,1H3,(H,21,24)(H,22,25). The summed E-state index contributed by atoms with van der Waals surface area (Å²) in [4.78, 5) is 43.8. The highest BCUT2D eigenvalue weighted by atomic mass is 79.9. The van der Waals surface area contributed by atoms with E-state index in [0.29, 0.717) is 32.1 Å². The summed E-state index contributed by atoms with van der Waals surface area (Å²) in [6.07, 6.45) is 3.84. The van der Waals surface area contributed by atoms with E-state index in [1.807, 2.05) is 0 Å². The Bertz CT molecular complexity index is 1150. The van der Waals surface area contributed by atoms with E-state index in [4.69, 9.17) is 0 Å². The smallest absolute Gasteiger partial charge is 0.280 e. The molecular weight excluding hydrogens is 464 g/mol. The number of aromatic nitrogens is 2. The van der Waals surface area contributed by atoms with Crippen molar-refractivity contribution in [2.45, 2.75) is 39.2 Å². The Morgan fingerprint density at radius 1 is 1.14 bits per heavy atom. The van der Waals surface area contributed by atoms with Crippen molar-refractivity contribution in [1.82, 2.24) is 20.4 Å². The summed E-state index contributed by atoms with van der Waals surface area (Å²) < 4.78 is 2.57. The number of nitrogens with one attached hydrogen (secondary N) is 2. The first kappa shape index (κ1) is 19.3. The number of hydrazine groups is 1. The first-order valence-corrected chi connectivity index (χ1v) is 11.3. The van der Waals surface area contributed by atoms with Crippen molar-refractivity contribution in [3.05, 3.63) is 47.4 Å². The van der Waals surface area contributed by atoms with Crippen LogP contribution in [0.15, 0.2) is 20.7 Å². The third-order valence-electron chi connectivity index (χ3n) is 4.70. The van der Waals surface area contributed by atoms with Gasteiger partial charge in [-0.3, -0.25) is 29.8 Å². The molecule has 0 spiro atoms. The number of nitrogens with zero attached hydrogens (tertiary/aromatic N) is 2. The fourth-order valence-corrected chi connectivity index (χ4v) is 5.66. The second-order valence-corrected chi connectivity index (χ2v) is 10.0. The molecule has 3 aromatic rings. The Kier molecular flexibility index (Phi) is 5.35. The topological polar surface area (TPSA) is 93.1 Å². The van der Waals surface area contributed by atoms with Crippen molar-refractivity contribution in [2.75, 3.05) is 0 Å². The van der Waals surface area contributed by atoms with Crippen LogP contribution in [0.25, 0.3) is 10.2 Å². The average molecular weight is 481 g/mol. The molecule has 0 aromatic carbocycles. The van der Waals surface area contributed by atoms with Crippen molar-refractivity contribution < 1.29 is 9.59 Å². The van der Waals surface area contributed by atoms with Crippen LogP contribution >= 0.6 is 38.6 Å². The maximum absolute atomic E-state index is 13.0. The highest BCUT2D eigenvalue weighted by molar-refractivity contribution is 9.11. The van der Waals surface area contributed by atoms with E-state index in [-0.39, 0.29) is 5.56 Å². The van der Waals surface area contributed by atoms with Crippen LogP contribution in [0.1, 0.15) is 50.0 Å². The summed E-state index contributed by atoms with van der Waals surface area (Å²) in [6.45, 7) is 2.42. The fraction of sp³-hybridized carbons (Fsp3) is 0.333. The maximum Gasteiger partial charge on any atom is 0.280 e. The number of amides is 2. The van der Waals surface area contributed by atoms with E-state index < -0.39 is 11.8 Å². The van der Waals surface area contributed by atoms with Crippen LogP contribution in [0.4, 0.5) is 0 Å². The van der Waals surface area contributed by atoms with Crippen LogP contribution in [0.2, 0.25) is 0 Å². The molecule has 0 aliphatic carbocycles. The quantitative estimate of drug-likeness (QED) is 0.549. The number of hydrogen-bond acceptors (Lipinski definition) is 6. The minimum absolute atomic E-state index is 0.0813. The number of carbonyl (C=O) groups is 2. The Hall–Kier alpha value is -2.04. The first-order chi connectivity index (χ1) is 13.5. The molecule has 0 radical (unpaired) electrons. The Balaban J connectivity index is 1.61. The van der Waals surface area contributed by atoms with Gasteiger partial charge in [-0.1, -0.05) is 6.42 Å². The molecule has 0 saturated carbocycles. The van der Waals surface area contributed by atoms with Gasteiger partial charge in [0.15, 0.2) is 0 Å². The summed E-state index contributed by atoms with van der Waals surface area (Å²) >= 11 is 5.75. The molecular formula is C18H17BrN4O3S2. The normalized spacial score (nSPS) is 13.8. The third kappa shape index (κ3) is 3.51. The molecule has 4 rings (SSSR count). The zero-order valence-corrected chi connectivity index (χ0v) is 18.2. The summed E-state index contributed by atoms with van der Waals surface area (Å²) in [5.74, 6) is -0.0587. The highest BCUT2D eigenvalue weighted by Gasteiger charge is 2.22. The van der Waals surface area contributed by atoms with E-state index in [9.17, 15) is 14.4 Å². The molecule has 1 aliphatic heterocycles. The molecule has 1 aliphatic rings. The molecule has 0 unspecified atom stereocenters. The lowest BCUT2D eigenvalue weighted by molar-refractivity contribution is 0.0851. The van der Waals surface area contributed by atoms with Crippen molar-refractivity contribution in [3.63, 3.8) is 0 Å². The van der Waals surface area contributed by atoms with Crippen LogP contribution < -0.4 is 16.4 Å². The van der Waals surface area contributed by atoms with Gasteiger partial charge in [-0.2, -0.15) is 0 Å². The summed E-state index contributed by atoms with van der Waals surface area (Å²) in [7, 11) is 0. The molecule has 10 heteroatoms. The number of carbonyl (C=O) groups excluding carboxylic acids is 2. The van der Waals surface area contributed by atoms with Gasteiger partial charge in [0.1, 0.15) is 10.7 Å². The molecule has 0 saturated heterocycles. The zero-order chi connectivity index (χ0) is 19.8. The molecule has 7 nitrogen and oxygen atoms in total. The SMILES string of the molecule is Cc1c(C(=O)NNC(=O)c2ccc(Br)s2)sc2nc3n(c(=O)c12)CCCCC3. The van der Waals surface area contributed by atoms with Gasteiger partial charge in [-0.15, -0.1) is 22.7 Å². The average Bonchev–Trinajstić information content (AvgIpc) is 3.15. The van der Waals surface area contributed by atoms with Crippen LogP contribution in [-0.4, -0.2) is 21.4 Å². The van der Waals surface area contributed by atoms with Crippen molar-refractivity contribution in [1.29, 1.82) is 0 Å². The lowest BCUT2D eigenvalue weighted by Crippen LogP contribution is -2.41. The summed E-state index contributed by atoms with van der Waals surface area (Å²) in [5.41, 5.74) is 5.37. The Morgan fingerprint density at radius 2 is 1.93 bits per heavy atom. The molecule has 4 heterocycles. The van der Waals surface area contributed by atoms with Crippen LogP contribution in [0.5, 0.6) is 0 Å². The second-order valence-electron chi connectivity index (χ2n) is 6.54. The molecule has 0 atom stereocenters. The van der Waals surface area contributed by atoms with Gasteiger partial charge in [0.2, 0.25) is 0 Å². The van der Waals surface area contributed by atoms with Gasteiger partial charge >= 0.3 is 0 Å². The van der Waals surface area contributed by atoms with Crippen molar-refractivity contribution >= 4 is 60.6 Å². The van der Waals surface area contributed by atoms with E-state index in [0.717, 1.165) is 35.3 Å². The first-order valence-electron chi connectivity index (χ1n) is 8.84. The minimum atomic E-state index is -0.455. The van der Waals surface area contributed by atoms with Gasteiger partial charge in [-0.05, 0) is 53.4 Å². The monoisotopic (exact) mass is 480 g/mol. The van der Waals surface area contributed by atoms with Crippen LogP contribution in [0.3, 0.4) is 0 Å². The number of fused-ring (bicyclic) bond motifs is 2. The van der Waals surface area contributed by atoms with E-state index in [1.165, 1.54) is 22.7 Å². The number of aryl methyl sites for hydroxylation is 2. The maximum atomic E-state index is 13.0. The number of halogens is 1. The van der Waals surface area contributed by atoms with Gasteiger partial charge in [0, 0.05) is 13.0 Å². The Labute approximate surface area is 176 Å². The molecule has 0 bridgehead atoms. The van der Waals surface area contributed by atoms with Gasteiger partial charge < -0.3 is 0 Å². The zero-order valence-electron chi connectivity index (χ0n) is 15.0. The van der Waals surface area contributed by atoms with Gasteiger partial charge in [0.25, 0.3) is 17.4 Å².